The normalized spacial score (nSPS) is 12.5. The number of amides is 1. The molecule has 0 aliphatic rings. The molecule has 2 heterocycles. The van der Waals surface area contributed by atoms with Crippen molar-refractivity contribution in [2.75, 3.05) is 0 Å². The number of carbonyl (C=O) groups excluding carboxylic acids is 1. The van der Waals surface area contributed by atoms with E-state index in [1.807, 2.05) is 36.6 Å². The molecule has 3 rings (SSSR count). The Bertz CT molecular complexity index is 704. The zero-order valence-electron chi connectivity index (χ0n) is 10.3. The molecule has 19 heavy (non-hydrogen) atoms. The van der Waals surface area contributed by atoms with Crippen molar-refractivity contribution in [3.63, 3.8) is 0 Å². The highest BCUT2D eigenvalue weighted by molar-refractivity contribution is 7.17. The molecule has 0 aliphatic carbocycles. The molecule has 0 bridgehead atoms. The van der Waals surface area contributed by atoms with Crippen molar-refractivity contribution in [3.8, 4) is 0 Å². The highest BCUT2D eigenvalue weighted by Crippen LogP contribution is 2.25. The van der Waals surface area contributed by atoms with E-state index in [9.17, 15) is 4.79 Å². The molecule has 1 amide bonds. The lowest BCUT2D eigenvalue weighted by Crippen LogP contribution is -2.27. The van der Waals surface area contributed by atoms with Crippen molar-refractivity contribution in [3.05, 3.63) is 47.4 Å². The fraction of sp³-hybridized carbons (Fsp3) is 0.154. The van der Waals surface area contributed by atoms with Gasteiger partial charge in [0.05, 0.1) is 11.6 Å². The molecule has 1 aromatic carbocycles. The van der Waals surface area contributed by atoms with Crippen LogP contribution in [0.25, 0.3) is 10.1 Å². The molecule has 0 fully saturated rings. The summed E-state index contributed by atoms with van der Waals surface area (Å²) in [7, 11) is 0. The van der Waals surface area contributed by atoms with Crippen molar-refractivity contribution in [1.82, 2.24) is 20.5 Å². The maximum atomic E-state index is 12.3. The van der Waals surface area contributed by atoms with E-state index in [1.165, 1.54) is 6.33 Å². The third-order valence-electron chi connectivity index (χ3n) is 2.92. The van der Waals surface area contributed by atoms with E-state index in [1.54, 1.807) is 11.3 Å². The molecule has 1 atom stereocenters. The first-order chi connectivity index (χ1) is 9.25. The molecular weight excluding hydrogens is 260 g/mol. The molecule has 6 heteroatoms. The van der Waals surface area contributed by atoms with Crippen LogP contribution in [-0.2, 0) is 0 Å². The number of hydrogen-bond acceptors (Lipinski definition) is 4. The van der Waals surface area contributed by atoms with Gasteiger partial charge in [0, 0.05) is 15.5 Å². The first kappa shape index (κ1) is 11.9. The zero-order chi connectivity index (χ0) is 13.2. The number of fused-ring (bicyclic) bond motifs is 1. The lowest BCUT2D eigenvalue weighted by atomic mass is 10.1. The van der Waals surface area contributed by atoms with Gasteiger partial charge in [0.15, 0.2) is 0 Å². The zero-order valence-corrected chi connectivity index (χ0v) is 11.1. The summed E-state index contributed by atoms with van der Waals surface area (Å²) in [5.41, 5.74) is 0.701. The quantitative estimate of drug-likeness (QED) is 0.769. The second-order valence-corrected chi connectivity index (χ2v) is 5.12. The summed E-state index contributed by atoms with van der Waals surface area (Å²) in [5, 5.41) is 12.3. The van der Waals surface area contributed by atoms with Crippen LogP contribution in [0.3, 0.4) is 0 Å². The Balaban J connectivity index is 1.84. The van der Waals surface area contributed by atoms with Gasteiger partial charge in [-0.1, -0.05) is 18.2 Å². The molecule has 3 aromatic rings. The fourth-order valence-electron chi connectivity index (χ4n) is 1.92. The van der Waals surface area contributed by atoms with Crippen LogP contribution in [0.4, 0.5) is 0 Å². The molecule has 0 saturated carbocycles. The Morgan fingerprint density at radius 1 is 1.42 bits per heavy atom. The van der Waals surface area contributed by atoms with E-state index < -0.39 is 0 Å². The summed E-state index contributed by atoms with van der Waals surface area (Å²) < 4.78 is 1.11. The van der Waals surface area contributed by atoms with Gasteiger partial charge in [0.25, 0.3) is 5.91 Å². The predicted octanol–water partition coefficient (Wildman–Crippen LogP) is 2.51. The van der Waals surface area contributed by atoms with Crippen molar-refractivity contribution in [2.24, 2.45) is 0 Å². The number of hydrogen-bond donors (Lipinski definition) is 2. The molecule has 96 valence electrons. The average molecular weight is 272 g/mol. The summed E-state index contributed by atoms with van der Waals surface area (Å²) in [5.74, 6) is 0.550. The van der Waals surface area contributed by atoms with Crippen LogP contribution < -0.4 is 5.32 Å². The first-order valence-corrected chi connectivity index (χ1v) is 6.76. The third-order valence-corrected chi connectivity index (χ3v) is 3.88. The van der Waals surface area contributed by atoms with Gasteiger partial charge >= 0.3 is 0 Å². The van der Waals surface area contributed by atoms with E-state index in [-0.39, 0.29) is 11.9 Å². The number of aromatic amines is 1. The minimum Gasteiger partial charge on any atom is -0.342 e. The molecule has 1 unspecified atom stereocenters. The number of thiophene rings is 1. The van der Waals surface area contributed by atoms with Gasteiger partial charge in [-0.15, -0.1) is 11.3 Å². The van der Waals surface area contributed by atoms with E-state index in [2.05, 4.69) is 20.5 Å². The molecule has 2 aromatic heterocycles. The number of rotatable bonds is 3. The highest BCUT2D eigenvalue weighted by atomic mass is 32.1. The van der Waals surface area contributed by atoms with Crippen molar-refractivity contribution in [2.45, 2.75) is 13.0 Å². The average Bonchev–Trinajstić information content (AvgIpc) is 3.08. The third kappa shape index (κ3) is 2.22. The van der Waals surface area contributed by atoms with Crippen molar-refractivity contribution >= 4 is 27.3 Å². The monoisotopic (exact) mass is 272 g/mol. The van der Waals surface area contributed by atoms with Crippen LogP contribution in [0.1, 0.15) is 29.1 Å². The Morgan fingerprint density at radius 2 is 2.26 bits per heavy atom. The Kier molecular flexibility index (Phi) is 3.00. The Hall–Kier alpha value is -2.21. The molecule has 2 N–H and O–H groups in total. The second kappa shape index (κ2) is 4.81. The van der Waals surface area contributed by atoms with Crippen LogP contribution in [0, 0.1) is 0 Å². The standard InChI is InChI=1S/C13H12N4OS/c1-8(12-14-7-15-17-12)16-13(18)10-6-19-11-5-3-2-4-9(10)11/h2-8H,1H3,(H,16,18)(H,14,15,17). The molecule has 0 spiro atoms. The van der Waals surface area contributed by atoms with Gasteiger partial charge in [-0.3, -0.25) is 9.89 Å². The van der Waals surface area contributed by atoms with Crippen LogP contribution in [-0.4, -0.2) is 21.1 Å². The van der Waals surface area contributed by atoms with Gasteiger partial charge in [-0.05, 0) is 13.0 Å². The number of H-pyrrole nitrogens is 1. The smallest absolute Gasteiger partial charge is 0.253 e. The predicted molar refractivity (Wildman–Crippen MR) is 74.1 cm³/mol. The van der Waals surface area contributed by atoms with E-state index in [4.69, 9.17) is 0 Å². The number of benzene rings is 1. The number of carbonyl (C=O) groups is 1. The summed E-state index contributed by atoms with van der Waals surface area (Å²) in [6.07, 6.45) is 1.43. The Labute approximate surface area is 113 Å². The SMILES string of the molecule is CC(NC(=O)c1csc2ccccc12)c1ncn[nH]1. The number of nitrogens with one attached hydrogen (secondary N) is 2. The van der Waals surface area contributed by atoms with Crippen LogP contribution in [0.2, 0.25) is 0 Å². The second-order valence-electron chi connectivity index (χ2n) is 4.21. The highest BCUT2D eigenvalue weighted by Gasteiger charge is 2.16. The van der Waals surface area contributed by atoms with Gasteiger partial charge in [0.2, 0.25) is 0 Å². The van der Waals surface area contributed by atoms with Gasteiger partial charge < -0.3 is 5.32 Å². The summed E-state index contributed by atoms with van der Waals surface area (Å²) in [6.45, 7) is 1.87. The summed E-state index contributed by atoms with van der Waals surface area (Å²) >= 11 is 1.57. The fourth-order valence-corrected chi connectivity index (χ4v) is 2.86. The molecular formula is C13H12N4OS. The van der Waals surface area contributed by atoms with E-state index in [0.29, 0.717) is 11.4 Å². The van der Waals surface area contributed by atoms with Crippen LogP contribution in [0.5, 0.6) is 0 Å². The van der Waals surface area contributed by atoms with Gasteiger partial charge in [0.1, 0.15) is 12.2 Å². The maximum Gasteiger partial charge on any atom is 0.253 e. The molecule has 0 aliphatic heterocycles. The van der Waals surface area contributed by atoms with Gasteiger partial charge in [-0.25, -0.2) is 4.98 Å². The number of aromatic nitrogens is 3. The maximum absolute atomic E-state index is 12.3. The first-order valence-electron chi connectivity index (χ1n) is 5.88. The minimum absolute atomic E-state index is 0.0960. The molecule has 0 radical (unpaired) electrons. The Morgan fingerprint density at radius 3 is 3.05 bits per heavy atom. The largest absolute Gasteiger partial charge is 0.342 e. The lowest BCUT2D eigenvalue weighted by molar-refractivity contribution is 0.0940. The summed E-state index contributed by atoms with van der Waals surface area (Å²) in [4.78, 5) is 16.3. The van der Waals surface area contributed by atoms with Crippen molar-refractivity contribution < 1.29 is 4.79 Å². The van der Waals surface area contributed by atoms with Crippen molar-refractivity contribution in [1.29, 1.82) is 0 Å². The molecule has 5 nitrogen and oxygen atoms in total. The lowest BCUT2D eigenvalue weighted by Gasteiger charge is -2.10. The summed E-state index contributed by atoms with van der Waals surface area (Å²) in [6, 6.07) is 7.67. The van der Waals surface area contributed by atoms with E-state index >= 15 is 0 Å². The number of nitrogens with zero attached hydrogens (tertiary/aromatic N) is 2. The van der Waals surface area contributed by atoms with Gasteiger partial charge in [-0.2, -0.15) is 5.10 Å². The van der Waals surface area contributed by atoms with Crippen LogP contribution in [0.15, 0.2) is 36.0 Å². The topological polar surface area (TPSA) is 70.7 Å². The van der Waals surface area contributed by atoms with Crippen LogP contribution >= 0.6 is 11.3 Å². The molecule has 0 saturated heterocycles. The minimum atomic E-state index is -0.200. The van der Waals surface area contributed by atoms with E-state index in [0.717, 1.165) is 10.1 Å².